The zero-order chi connectivity index (χ0) is 14.5. The Morgan fingerprint density at radius 3 is 2.60 bits per heavy atom. The van der Waals surface area contributed by atoms with Crippen molar-refractivity contribution in [2.45, 2.75) is 57.7 Å². The van der Waals surface area contributed by atoms with Crippen LogP contribution in [0.5, 0.6) is 0 Å². The van der Waals surface area contributed by atoms with E-state index in [-0.39, 0.29) is 0 Å². The SMILES string of the molecule is CCSC1CCC(Nc2nc(CC)nc(NC)c2C)C1. The fourth-order valence-electron chi connectivity index (χ4n) is 2.76. The summed E-state index contributed by atoms with van der Waals surface area (Å²) in [6.45, 7) is 6.42. The highest BCUT2D eigenvalue weighted by Gasteiger charge is 2.25. The molecule has 5 heteroatoms. The van der Waals surface area contributed by atoms with Crippen LogP contribution in [0.2, 0.25) is 0 Å². The molecule has 1 aliphatic carbocycles. The lowest BCUT2D eigenvalue weighted by atomic mass is 10.2. The molecule has 0 spiro atoms. The molecule has 1 fully saturated rings. The molecule has 1 aromatic heterocycles. The van der Waals surface area contributed by atoms with Gasteiger partial charge in [-0.05, 0) is 31.9 Å². The fraction of sp³-hybridized carbons (Fsp3) is 0.733. The van der Waals surface area contributed by atoms with Crippen molar-refractivity contribution in [1.82, 2.24) is 9.97 Å². The van der Waals surface area contributed by atoms with Crippen LogP contribution in [-0.4, -0.2) is 34.1 Å². The summed E-state index contributed by atoms with van der Waals surface area (Å²) in [6, 6.07) is 0.557. The molecule has 2 atom stereocenters. The molecule has 0 radical (unpaired) electrons. The van der Waals surface area contributed by atoms with Gasteiger partial charge in [0.05, 0.1) is 0 Å². The number of aryl methyl sites for hydroxylation is 1. The molecule has 1 aliphatic rings. The van der Waals surface area contributed by atoms with Crippen molar-refractivity contribution in [3.05, 3.63) is 11.4 Å². The van der Waals surface area contributed by atoms with Gasteiger partial charge in [0.25, 0.3) is 0 Å². The molecule has 1 aromatic rings. The Labute approximate surface area is 126 Å². The third-order valence-electron chi connectivity index (χ3n) is 3.87. The molecular formula is C15H26N4S. The second kappa shape index (κ2) is 7.16. The molecule has 0 aliphatic heterocycles. The average Bonchev–Trinajstić information content (AvgIpc) is 2.89. The monoisotopic (exact) mass is 294 g/mol. The van der Waals surface area contributed by atoms with Crippen molar-refractivity contribution in [2.24, 2.45) is 0 Å². The molecular weight excluding hydrogens is 268 g/mol. The Hall–Kier alpha value is -0.970. The lowest BCUT2D eigenvalue weighted by Crippen LogP contribution is -2.19. The average molecular weight is 294 g/mol. The predicted molar refractivity (Wildman–Crippen MR) is 88.9 cm³/mol. The van der Waals surface area contributed by atoms with Gasteiger partial charge in [-0.1, -0.05) is 13.8 Å². The third kappa shape index (κ3) is 3.57. The Morgan fingerprint density at radius 1 is 1.20 bits per heavy atom. The first-order valence-electron chi connectivity index (χ1n) is 7.61. The summed E-state index contributed by atoms with van der Waals surface area (Å²) in [7, 11) is 1.92. The van der Waals surface area contributed by atoms with E-state index < -0.39 is 0 Å². The first kappa shape index (κ1) is 15.4. The maximum absolute atomic E-state index is 4.66. The van der Waals surface area contributed by atoms with Gasteiger partial charge in [0, 0.05) is 30.3 Å². The Kier molecular flexibility index (Phi) is 5.52. The molecule has 0 saturated heterocycles. The lowest BCUT2D eigenvalue weighted by molar-refractivity contribution is 0.746. The molecule has 2 N–H and O–H groups in total. The van der Waals surface area contributed by atoms with E-state index in [1.165, 1.54) is 25.0 Å². The summed E-state index contributed by atoms with van der Waals surface area (Å²) < 4.78 is 0. The summed E-state index contributed by atoms with van der Waals surface area (Å²) in [5.41, 5.74) is 1.12. The predicted octanol–water partition coefficient (Wildman–Crippen LogP) is 3.48. The highest BCUT2D eigenvalue weighted by molar-refractivity contribution is 7.99. The number of thioether (sulfide) groups is 1. The van der Waals surface area contributed by atoms with Crippen molar-refractivity contribution in [3.63, 3.8) is 0 Å². The molecule has 0 bridgehead atoms. The van der Waals surface area contributed by atoms with Gasteiger partial charge in [0.1, 0.15) is 17.5 Å². The van der Waals surface area contributed by atoms with Gasteiger partial charge >= 0.3 is 0 Å². The smallest absolute Gasteiger partial charge is 0.134 e. The van der Waals surface area contributed by atoms with Crippen LogP contribution in [0.15, 0.2) is 0 Å². The highest BCUT2D eigenvalue weighted by atomic mass is 32.2. The number of hydrogen-bond donors (Lipinski definition) is 2. The summed E-state index contributed by atoms with van der Waals surface area (Å²) >= 11 is 2.09. The van der Waals surface area contributed by atoms with Gasteiger partial charge in [-0.2, -0.15) is 11.8 Å². The quantitative estimate of drug-likeness (QED) is 0.841. The molecule has 0 aromatic carbocycles. The van der Waals surface area contributed by atoms with Crippen LogP contribution in [0.25, 0.3) is 0 Å². The van der Waals surface area contributed by atoms with Gasteiger partial charge in [-0.15, -0.1) is 0 Å². The lowest BCUT2D eigenvalue weighted by Gasteiger charge is -2.18. The molecule has 2 unspecified atom stereocenters. The number of anilines is 2. The van der Waals surface area contributed by atoms with E-state index in [4.69, 9.17) is 0 Å². The summed E-state index contributed by atoms with van der Waals surface area (Å²) in [6.07, 6.45) is 4.68. The van der Waals surface area contributed by atoms with Crippen LogP contribution >= 0.6 is 11.8 Å². The van der Waals surface area contributed by atoms with Gasteiger partial charge < -0.3 is 10.6 Å². The van der Waals surface area contributed by atoms with Gasteiger partial charge in [0.2, 0.25) is 0 Å². The van der Waals surface area contributed by atoms with Crippen LogP contribution in [0.4, 0.5) is 11.6 Å². The number of aromatic nitrogens is 2. The first-order chi connectivity index (χ1) is 9.67. The Balaban J connectivity index is 2.09. The summed E-state index contributed by atoms with van der Waals surface area (Å²) in [5, 5.41) is 7.63. The van der Waals surface area contributed by atoms with Crippen molar-refractivity contribution in [3.8, 4) is 0 Å². The zero-order valence-electron chi connectivity index (χ0n) is 13.0. The van der Waals surface area contributed by atoms with E-state index in [9.17, 15) is 0 Å². The van der Waals surface area contributed by atoms with E-state index >= 15 is 0 Å². The number of nitrogens with one attached hydrogen (secondary N) is 2. The van der Waals surface area contributed by atoms with E-state index in [0.29, 0.717) is 6.04 Å². The summed E-state index contributed by atoms with van der Waals surface area (Å²) in [4.78, 5) is 9.19. The minimum Gasteiger partial charge on any atom is -0.373 e. The van der Waals surface area contributed by atoms with Crippen LogP contribution in [0.3, 0.4) is 0 Å². The fourth-order valence-corrected chi connectivity index (χ4v) is 3.90. The molecule has 0 amide bonds. The molecule has 112 valence electrons. The van der Waals surface area contributed by atoms with Crippen LogP contribution in [0, 0.1) is 6.92 Å². The second-order valence-corrected chi connectivity index (χ2v) is 6.87. The molecule has 2 rings (SSSR count). The third-order valence-corrected chi connectivity index (χ3v) is 5.11. The van der Waals surface area contributed by atoms with Gasteiger partial charge in [-0.3, -0.25) is 0 Å². The number of rotatable bonds is 6. The van der Waals surface area contributed by atoms with Gasteiger partial charge in [-0.25, -0.2) is 9.97 Å². The standard InChI is InChI=1S/C15H26N4S/c1-5-13-18-14(16-4)10(3)15(19-13)17-11-7-8-12(9-11)20-6-2/h11-12H,5-9H2,1-4H3,(H2,16,17,18,19). The first-order valence-corrected chi connectivity index (χ1v) is 8.66. The Morgan fingerprint density at radius 2 is 1.95 bits per heavy atom. The Bertz CT molecular complexity index is 450. The molecule has 1 heterocycles. The van der Waals surface area contributed by atoms with Crippen molar-refractivity contribution < 1.29 is 0 Å². The van der Waals surface area contributed by atoms with Crippen LogP contribution in [0.1, 0.15) is 44.5 Å². The van der Waals surface area contributed by atoms with Crippen molar-refractivity contribution in [1.29, 1.82) is 0 Å². The topological polar surface area (TPSA) is 49.8 Å². The second-order valence-electron chi connectivity index (χ2n) is 5.30. The zero-order valence-corrected chi connectivity index (χ0v) is 13.8. The number of hydrogen-bond acceptors (Lipinski definition) is 5. The minimum absolute atomic E-state index is 0.557. The van der Waals surface area contributed by atoms with E-state index in [1.807, 2.05) is 7.05 Å². The summed E-state index contributed by atoms with van der Waals surface area (Å²) in [5.74, 6) is 4.07. The van der Waals surface area contributed by atoms with E-state index in [1.54, 1.807) is 0 Å². The molecule has 4 nitrogen and oxygen atoms in total. The van der Waals surface area contributed by atoms with Gasteiger partial charge in [0.15, 0.2) is 0 Å². The normalized spacial score (nSPS) is 22.0. The van der Waals surface area contributed by atoms with Crippen molar-refractivity contribution >= 4 is 23.4 Å². The molecule has 20 heavy (non-hydrogen) atoms. The molecule has 1 saturated carbocycles. The highest BCUT2D eigenvalue weighted by Crippen LogP contribution is 2.32. The van der Waals surface area contributed by atoms with Crippen molar-refractivity contribution in [2.75, 3.05) is 23.4 Å². The maximum atomic E-state index is 4.66. The van der Waals surface area contributed by atoms with E-state index in [2.05, 4.69) is 53.1 Å². The van der Waals surface area contributed by atoms with E-state index in [0.717, 1.165) is 34.7 Å². The maximum Gasteiger partial charge on any atom is 0.134 e. The van der Waals surface area contributed by atoms with Crippen LogP contribution in [-0.2, 0) is 6.42 Å². The largest absolute Gasteiger partial charge is 0.373 e. The van der Waals surface area contributed by atoms with Crippen LogP contribution < -0.4 is 10.6 Å². The minimum atomic E-state index is 0.557. The number of nitrogens with zero attached hydrogens (tertiary/aromatic N) is 2.